The maximum Gasteiger partial charge on any atom is 0.411 e. The lowest BCUT2D eigenvalue weighted by Gasteiger charge is -1.94. The fourth-order valence-corrected chi connectivity index (χ4v) is 0.374. The first-order chi connectivity index (χ1) is 5.45. The second-order valence-electron chi connectivity index (χ2n) is 1.81. The Morgan fingerprint density at radius 2 is 1.92 bits per heavy atom. The first-order valence-electron chi connectivity index (χ1n) is 3.06. The summed E-state index contributed by atoms with van der Waals surface area (Å²) in [5.74, 6) is -0.960. The molecule has 0 atom stereocenters. The minimum atomic E-state index is -4.44. The summed E-state index contributed by atoms with van der Waals surface area (Å²) in [6, 6.07) is 0. The summed E-state index contributed by atoms with van der Waals surface area (Å²) in [4.78, 5) is 2.86. The zero-order valence-electron chi connectivity index (χ0n) is 6.27. The highest BCUT2D eigenvalue weighted by Crippen LogP contribution is 2.15. The van der Waals surface area contributed by atoms with Crippen molar-refractivity contribution in [3.8, 4) is 0 Å². The number of halogens is 4. The average Bonchev–Trinajstić information content (AvgIpc) is 1.84. The molecule has 0 aromatic rings. The van der Waals surface area contributed by atoms with Gasteiger partial charge in [0, 0.05) is 12.3 Å². The molecule has 0 heterocycles. The third kappa shape index (κ3) is 6.98. The van der Waals surface area contributed by atoms with E-state index < -0.39 is 12.1 Å². The van der Waals surface area contributed by atoms with E-state index in [1.54, 1.807) is 0 Å². The van der Waals surface area contributed by atoms with Crippen molar-refractivity contribution in [3.63, 3.8) is 0 Å². The molecule has 0 bridgehead atoms. The van der Waals surface area contributed by atoms with Crippen LogP contribution in [0.25, 0.3) is 0 Å². The van der Waals surface area contributed by atoms with Crippen LogP contribution in [0.5, 0.6) is 0 Å². The molecule has 5 heteroatoms. The predicted molar refractivity (Wildman–Crippen MR) is 38.6 cm³/mol. The largest absolute Gasteiger partial charge is 0.411 e. The molecule has 0 aliphatic carbocycles. The van der Waals surface area contributed by atoms with Crippen LogP contribution >= 0.6 is 0 Å². The van der Waals surface area contributed by atoms with Crippen LogP contribution in [0.4, 0.5) is 17.6 Å². The SMILES string of the molecule is C\C=C/C(F)=N\C=C\C(F)(F)F. The lowest BCUT2D eigenvalue weighted by molar-refractivity contribution is -0.0799. The van der Waals surface area contributed by atoms with Crippen LogP contribution in [0.3, 0.4) is 0 Å². The van der Waals surface area contributed by atoms with Gasteiger partial charge in [0.1, 0.15) is 0 Å². The molecule has 0 aliphatic rings. The van der Waals surface area contributed by atoms with Gasteiger partial charge in [-0.25, -0.2) is 4.99 Å². The maximum absolute atomic E-state index is 12.2. The van der Waals surface area contributed by atoms with Crippen LogP contribution in [0.15, 0.2) is 29.4 Å². The van der Waals surface area contributed by atoms with E-state index in [1.807, 2.05) is 0 Å². The fourth-order valence-electron chi connectivity index (χ4n) is 0.374. The van der Waals surface area contributed by atoms with Crippen LogP contribution in [-0.2, 0) is 0 Å². The van der Waals surface area contributed by atoms with Crippen molar-refractivity contribution in [1.29, 1.82) is 0 Å². The monoisotopic (exact) mass is 181 g/mol. The van der Waals surface area contributed by atoms with Gasteiger partial charge in [0.25, 0.3) is 0 Å². The van der Waals surface area contributed by atoms with Crippen LogP contribution < -0.4 is 0 Å². The Balaban J connectivity index is 4.12. The van der Waals surface area contributed by atoms with E-state index in [0.717, 1.165) is 6.08 Å². The van der Waals surface area contributed by atoms with Crippen molar-refractivity contribution >= 4 is 5.97 Å². The van der Waals surface area contributed by atoms with Gasteiger partial charge >= 0.3 is 6.18 Å². The van der Waals surface area contributed by atoms with E-state index in [9.17, 15) is 17.6 Å². The third-order valence-corrected chi connectivity index (χ3v) is 0.766. The molecule has 0 aromatic heterocycles. The lowest BCUT2D eigenvalue weighted by Crippen LogP contribution is -2.00. The minimum Gasteiger partial charge on any atom is -0.228 e. The van der Waals surface area contributed by atoms with E-state index >= 15 is 0 Å². The van der Waals surface area contributed by atoms with Gasteiger partial charge in [-0.1, -0.05) is 6.08 Å². The molecule has 12 heavy (non-hydrogen) atoms. The van der Waals surface area contributed by atoms with E-state index in [2.05, 4.69) is 4.99 Å². The Labute approximate surface area is 67.1 Å². The van der Waals surface area contributed by atoms with Gasteiger partial charge in [0.2, 0.25) is 5.97 Å². The number of nitrogens with zero attached hydrogens (tertiary/aromatic N) is 1. The van der Waals surface area contributed by atoms with Gasteiger partial charge in [-0.05, 0) is 13.0 Å². The van der Waals surface area contributed by atoms with Crippen molar-refractivity contribution in [1.82, 2.24) is 0 Å². The molecule has 0 aliphatic heterocycles. The van der Waals surface area contributed by atoms with Gasteiger partial charge in [-0.3, -0.25) is 0 Å². The highest BCUT2D eigenvalue weighted by molar-refractivity contribution is 5.86. The maximum atomic E-state index is 12.2. The van der Waals surface area contributed by atoms with Gasteiger partial charge in [0.05, 0.1) is 0 Å². The van der Waals surface area contributed by atoms with Gasteiger partial charge in [-0.2, -0.15) is 17.6 Å². The molecule has 0 amide bonds. The standard InChI is InChI=1S/C7H7F4N/c1-2-3-6(8)12-5-4-7(9,10)11/h2-5H,1H3/b3-2-,5-4+,12-6+. The fraction of sp³-hybridized carbons (Fsp3) is 0.286. The van der Waals surface area contributed by atoms with E-state index in [-0.39, 0.29) is 6.08 Å². The summed E-state index contributed by atoms with van der Waals surface area (Å²) >= 11 is 0. The molecule has 0 N–H and O–H groups in total. The highest BCUT2D eigenvalue weighted by Gasteiger charge is 2.21. The van der Waals surface area contributed by atoms with Crippen molar-refractivity contribution in [2.75, 3.05) is 0 Å². The molecule has 0 radical (unpaired) electrons. The van der Waals surface area contributed by atoms with Crippen molar-refractivity contribution in [2.24, 2.45) is 4.99 Å². The van der Waals surface area contributed by atoms with Crippen LogP contribution in [0, 0.1) is 0 Å². The van der Waals surface area contributed by atoms with Crippen LogP contribution in [0.1, 0.15) is 6.92 Å². The second kappa shape index (κ2) is 4.69. The molecular formula is C7H7F4N. The average molecular weight is 181 g/mol. The minimum absolute atomic E-state index is 0.143. The molecular weight excluding hydrogens is 174 g/mol. The number of rotatable bonds is 2. The predicted octanol–water partition coefficient (Wildman–Crippen LogP) is 3.01. The van der Waals surface area contributed by atoms with Crippen molar-refractivity contribution < 1.29 is 17.6 Å². The smallest absolute Gasteiger partial charge is 0.228 e. The van der Waals surface area contributed by atoms with Crippen LogP contribution in [0.2, 0.25) is 0 Å². The molecule has 0 saturated carbocycles. The summed E-state index contributed by atoms with van der Waals surface area (Å²) in [6.45, 7) is 1.53. The Hall–Kier alpha value is -1.13. The number of hydrogen-bond donors (Lipinski definition) is 0. The topological polar surface area (TPSA) is 12.4 Å². The molecule has 0 rings (SSSR count). The molecule has 1 nitrogen and oxygen atoms in total. The molecule has 0 spiro atoms. The normalized spacial score (nSPS) is 14.9. The quantitative estimate of drug-likeness (QED) is 0.458. The van der Waals surface area contributed by atoms with Gasteiger partial charge in [0.15, 0.2) is 0 Å². The highest BCUT2D eigenvalue weighted by atomic mass is 19.4. The van der Waals surface area contributed by atoms with E-state index in [0.29, 0.717) is 6.20 Å². The number of hydrogen-bond acceptors (Lipinski definition) is 1. The number of aliphatic imine (C=N–C) groups is 1. The Kier molecular flexibility index (Phi) is 4.25. The first kappa shape index (κ1) is 10.9. The zero-order chi connectivity index (χ0) is 9.61. The number of allylic oxidation sites excluding steroid dienone is 3. The summed E-state index contributed by atoms with van der Waals surface area (Å²) < 4.78 is 46.4. The van der Waals surface area contributed by atoms with E-state index in [1.165, 1.54) is 13.0 Å². The molecule has 0 fully saturated rings. The first-order valence-corrected chi connectivity index (χ1v) is 3.06. The molecule has 0 unspecified atom stereocenters. The van der Waals surface area contributed by atoms with Crippen molar-refractivity contribution in [2.45, 2.75) is 13.1 Å². The third-order valence-electron chi connectivity index (χ3n) is 0.766. The lowest BCUT2D eigenvalue weighted by atomic mass is 10.5. The summed E-state index contributed by atoms with van der Waals surface area (Å²) in [7, 11) is 0. The second-order valence-corrected chi connectivity index (χ2v) is 1.81. The van der Waals surface area contributed by atoms with Gasteiger partial charge < -0.3 is 0 Å². The van der Waals surface area contributed by atoms with Crippen molar-refractivity contribution in [3.05, 3.63) is 24.4 Å². The molecule has 0 saturated heterocycles. The summed E-state index contributed by atoms with van der Waals surface area (Å²) in [6.07, 6.45) is -1.92. The summed E-state index contributed by atoms with van der Waals surface area (Å²) in [5.41, 5.74) is 0. The Bertz CT molecular complexity index is 212. The van der Waals surface area contributed by atoms with Gasteiger partial charge in [-0.15, -0.1) is 0 Å². The zero-order valence-corrected chi connectivity index (χ0v) is 6.27. The Morgan fingerprint density at radius 3 is 2.33 bits per heavy atom. The molecule has 0 aromatic carbocycles. The number of alkyl halides is 3. The van der Waals surface area contributed by atoms with Crippen LogP contribution in [-0.4, -0.2) is 12.1 Å². The molecule has 68 valence electrons. The Morgan fingerprint density at radius 1 is 1.33 bits per heavy atom. The van der Waals surface area contributed by atoms with E-state index in [4.69, 9.17) is 0 Å². The summed E-state index contributed by atoms with van der Waals surface area (Å²) in [5, 5.41) is 0.